The van der Waals surface area contributed by atoms with Gasteiger partial charge in [0.2, 0.25) is 5.91 Å². The molecule has 1 saturated heterocycles. The van der Waals surface area contributed by atoms with Crippen LogP contribution in [-0.4, -0.2) is 57.5 Å². The van der Waals surface area contributed by atoms with Crippen molar-refractivity contribution < 1.29 is 13.6 Å². The van der Waals surface area contributed by atoms with Crippen LogP contribution in [0.5, 0.6) is 0 Å². The van der Waals surface area contributed by atoms with E-state index in [2.05, 4.69) is 4.98 Å². The van der Waals surface area contributed by atoms with Crippen LogP contribution in [0.2, 0.25) is 0 Å². The van der Waals surface area contributed by atoms with Gasteiger partial charge in [0.1, 0.15) is 5.82 Å². The van der Waals surface area contributed by atoms with Crippen molar-refractivity contribution in [2.24, 2.45) is 11.7 Å². The fourth-order valence-electron chi connectivity index (χ4n) is 2.68. The Hall–Kier alpha value is -0.960. The van der Waals surface area contributed by atoms with Crippen molar-refractivity contribution >= 4 is 30.7 Å². The fourth-order valence-corrected chi connectivity index (χ4v) is 2.68. The van der Waals surface area contributed by atoms with Gasteiger partial charge in [-0.15, -0.1) is 24.8 Å². The molecule has 1 aromatic heterocycles. The monoisotopic (exact) mass is 401 g/mol. The first-order chi connectivity index (χ1) is 10.9. The van der Waals surface area contributed by atoms with Gasteiger partial charge < -0.3 is 10.6 Å². The number of hydrogen-bond acceptors (Lipinski definition) is 4. The number of piperazine rings is 1. The third-order valence-corrected chi connectivity index (χ3v) is 4.55. The van der Waals surface area contributed by atoms with Gasteiger partial charge in [-0.3, -0.25) is 14.3 Å². The van der Waals surface area contributed by atoms with Crippen LogP contribution in [0.1, 0.15) is 32.6 Å². The minimum atomic E-state index is -2.58. The Balaban J connectivity index is 0.00000288. The molecule has 1 aromatic rings. The third-order valence-electron chi connectivity index (χ3n) is 4.55. The summed E-state index contributed by atoms with van der Waals surface area (Å²) in [6.07, 6.45) is 3.53. The lowest BCUT2D eigenvalue weighted by Crippen LogP contribution is -2.54. The van der Waals surface area contributed by atoms with E-state index in [-0.39, 0.29) is 36.6 Å². The van der Waals surface area contributed by atoms with Crippen molar-refractivity contribution in [3.05, 3.63) is 18.2 Å². The highest BCUT2D eigenvalue weighted by Gasteiger charge is 2.28. The average Bonchev–Trinajstić information content (AvgIpc) is 3.01. The maximum atomic E-state index is 12.8. The zero-order valence-corrected chi connectivity index (χ0v) is 16.1. The molecule has 2 rings (SSSR count). The van der Waals surface area contributed by atoms with Gasteiger partial charge in [-0.25, -0.2) is 4.98 Å². The lowest BCUT2D eigenvalue weighted by atomic mass is 9.98. The molecule has 0 spiro atoms. The topological polar surface area (TPSA) is 67.4 Å². The second kappa shape index (κ2) is 10.9. The van der Waals surface area contributed by atoms with Gasteiger partial charge in [0.05, 0.1) is 12.6 Å². The summed E-state index contributed by atoms with van der Waals surface area (Å²) in [5, 5.41) is 0. The molecular formula is C15H27Cl2F2N5O. The van der Waals surface area contributed by atoms with Gasteiger partial charge in [0.15, 0.2) is 0 Å². The van der Waals surface area contributed by atoms with Crippen LogP contribution in [0.3, 0.4) is 0 Å². The molecule has 1 aliphatic rings. The summed E-state index contributed by atoms with van der Waals surface area (Å²) in [6, 6.07) is -0.468. The summed E-state index contributed by atoms with van der Waals surface area (Å²) in [5.41, 5.74) is 6.00. The number of halogens is 4. The van der Waals surface area contributed by atoms with Crippen LogP contribution in [-0.2, 0) is 11.3 Å². The van der Waals surface area contributed by atoms with E-state index in [4.69, 9.17) is 5.73 Å². The number of hydrogen-bond donors (Lipinski definition) is 1. The summed E-state index contributed by atoms with van der Waals surface area (Å²) in [6.45, 7) is 4.17. The van der Waals surface area contributed by atoms with Crippen LogP contribution < -0.4 is 5.73 Å². The molecule has 146 valence electrons. The van der Waals surface area contributed by atoms with Crippen molar-refractivity contribution in [2.75, 3.05) is 26.2 Å². The second-order valence-electron chi connectivity index (χ2n) is 6.04. The van der Waals surface area contributed by atoms with E-state index < -0.39 is 12.6 Å². The molecule has 6 nitrogen and oxygen atoms in total. The number of aromatic nitrogens is 2. The molecule has 2 N–H and O–H groups in total. The molecule has 0 saturated carbocycles. The van der Waals surface area contributed by atoms with Gasteiger partial charge in [0.25, 0.3) is 0 Å². The maximum Gasteiger partial charge on any atom is 0.319 e. The molecule has 2 heterocycles. The molecule has 0 aromatic carbocycles. The Bertz CT molecular complexity index is 524. The Kier molecular flexibility index (Phi) is 10.5. The van der Waals surface area contributed by atoms with Crippen molar-refractivity contribution in [1.82, 2.24) is 19.4 Å². The van der Waals surface area contributed by atoms with Crippen molar-refractivity contribution in [1.29, 1.82) is 0 Å². The predicted octanol–water partition coefficient (Wildman–Crippen LogP) is 2.14. The summed E-state index contributed by atoms with van der Waals surface area (Å²) in [7, 11) is 0. The summed E-state index contributed by atoms with van der Waals surface area (Å²) >= 11 is 0. The molecule has 10 heteroatoms. The van der Waals surface area contributed by atoms with Crippen molar-refractivity contribution in [3.8, 4) is 0 Å². The highest BCUT2D eigenvalue weighted by molar-refractivity contribution is 5.85. The summed E-state index contributed by atoms with van der Waals surface area (Å²) in [4.78, 5) is 20.1. The zero-order valence-electron chi connectivity index (χ0n) is 14.5. The number of rotatable bonds is 6. The fraction of sp³-hybridized carbons (Fsp3) is 0.733. The molecule has 0 radical (unpaired) electrons. The minimum absolute atomic E-state index is 0. The van der Waals surface area contributed by atoms with E-state index >= 15 is 0 Å². The molecule has 2 unspecified atom stereocenters. The molecule has 0 aliphatic carbocycles. The SMILES string of the molecule is CCC(C)C(N)C(=O)N1CCN(Cc2nccn2C(F)F)CC1.Cl.Cl. The molecule has 2 atom stereocenters. The predicted molar refractivity (Wildman–Crippen MR) is 97.3 cm³/mol. The average molecular weight is 402 g/mol. The number of carbonyl (C=O) groups excluding carboxylic acids is 1. The number of alkyl halides is 2. The van der Waals surface area contributed by atoms with E-state index in [1.165, 1.54) is 12.4 Å². The summed E-state index contributed by atoms with van der Waals surface area (Å²) in [5.74, 6) is 0.475. The first-order valence-electron chi connectivity index (χ1n) is 8.00. The third kappa shape index (κ3) is 6.06. The Labute approximate surface area is 159 Å². The minimum Gasteiger partial charge on any atom is -0.339 e. The van der Waals surface area contributed by atoms with Crippen LogP contribution in [0.25, 0.3) is 0 Å². The molecule has 25 heavy (non-hydrogen) atoms. The second-order valence-corrected chi connectivity index (χ2v) is 6.04. The highest BCUT2D eigenvalue weighted by atomic mass is 35.5. The molecule has 1 fully saturated rings. The number of amides is 1. The Morgan fingerprint density at radius 2 is 1.88 bits per heavy atom. The Morgan fingerprint density at radius 1 is 1.28 bits per heavy atom. The van der Waals surface area contributed by atoms with Crippen molar-refractivity contribution in [2.45, 2.75) is 39.4 Å². The molecule has 1 amide bonds. The first-order valence-corrected chi connectivity index (χ1v) is 8.00. The maximum absolute atomic E-state index is 12.8. The van der Waals surface area contributed by atoms with Gasteiger partial charge in [-0.05, 0) is 5.92 Å². The largest absolute Gasteiger partial charge is 0.339 e. The van der Waals surface area contributed by atoms with Gasteiger partial charge in [-0.1, -0.05) is 20.3 Å². The molecule has 0 bridgehead atoms. The molecular weight excluding hydrogens is 375 g/mol. The van der Waals surface area contributed by atoms with E-state index in [0.717, 1.165) is 11.0 Å². The lowest BCUT2D eigenvalue weighted by Gasteiger charge is -2.36. The van der Waals surface area contributed by atoms with Crippen LogP contribution in [0, 0.1) is 5.92 Å². The van der Waals surface area contributed by atoms with Gasteiger partial charge >= 0.3 is 6.55 Å². The van der Waals surface area contributed by atoms with E-state index in [0.29, 0.717) is 38.5 Å². The number of nitrogens with zero attached hydrogens (tertiary/aromatic N) is 4. The Morgan fingerprint density at radius 3 is 2.40 bits per heavy atom. The normalized spacial score (nSPS) is 17.6. The summed E-state index contributed by atoms with van der Waals surface area (Å²) < 4.78 is 26.5. The van der Waals surface area contributed by atoms with Gasteiger partial charge in [-0.2, -0.15) is 8.78 Å². The van der Waals surface area contributed by atoms with E-state index in [1.807, 2.05) is 18.7 Å². The van der Waals surface area contributed by atoms with Crippen LogP contribution >= 0.6 is 24.8 Å². The van der Waals surface area contributed by atoms with Crippen molar-refractivity contribution in [3.63, 3.8) is 0 Å². The zero-order chi connectivity index (χ0) is 17.0. The van der Waals surface area contributed by atoms with Crippen LogP contribution in [0.15, 0.2) is 12.4 Å². The quantitative estimate of drug-likeness (QED) is 0.792. The van der Waals surface area contributed by atoms with E-state index in [1.54, 1.807) is 4.90 Å². The lowest BCUT2D eigenvalue weighted by molar-refractivity contribution is -0.135. The smallest absolute Gasteiger partial charge is 0.319 e. The van der Waals surface area contributed by atoms with E-state index in [9.17, 15) is 13.6 Å². The highest BCUT2D eigenvalue weighted by Crippen LogP contribution is 2.16. The number of nitrogens with two attached hydrogens (primary N) is 1. The van der Waals surface area contributed by atoms with Crippen LogP contribution in [0.4, 0.5) is 8.78 Å². The number of imidazole rings is 1. The molecule has 1 aliphatic heterocycles. The number of carbonyl (C=O) groups is 1. The van der Waals surface area contributed by atoms with Gasteiger partial charge in [0, 0.05) is 38.6 Å². The first kappa shape index (κ1) is 24.0. The standard InChI is InChI=1S/C15H25F2N5O.2ClH/c1-3-11(2)13(18)14(23)21-8-6-20(7-9-21)10-12-19-4-5-22(12)15(16)17;;/h4-5,11,13,15H,3,6-10,18H2,1-2H3;2*1H.